The first-order valence-electron chi connectivity index (χ1n) is 13.5. The van der Waals surface area contributed by atoms with Crippen LogP contribution in [0.25, 0.3) is 11.0 Å². The summed E-state index contributed by atoms with van der Waals surface area (Å²) in [6, 6.07) is 10.4. The number of hydrogen-bond acceptors (Lipinski definition) is 4. The molecular formula is C29H39N3O4S. The van der Waals surface area contributed by atoms with Gasteiger partial charge in [0.2, 0.25) is 10.0 Å². The fraction of sp³-hybridized carbons (Fsp3) is 0.552. The molecule has 7 nitrogen and oxygen atoms in total. The maximum Gasteiger partial charge on any atom is 0.306 e. The molecule has 3 aromatic rings. The molecule has 1 saturated carbocycles. The van der Waals surface area contributed by atoms with Crippen molar-refractivity contribution in [1.29, 1.82) is 0 Å². The second kappa shape index (κ2) is 10.3. The second-order valence-corrected chi connectivity index (χ2v) is 13.0. The van der Waals surface area contributed by atoms with Gasteiger partial charge in [0.1, 0.15) is 0 Å². The van der Waals surface area contributed by atoms with Crippen molar-refractivity contribution in [3.8, 4) is 0 Å². The lowest BCUT2D eigenvalue weighted by atomic mass is 9.80. The van der Waals surface area contributed by atoms with Gasteiger partial charge >= 0.3 is 5.97 Å². The smallest absolute Gasteiger partial charge is 0.306 e. The summed E-state index contributed by atoms with van der Waals surface area (Å²) >= 11 is 0. The minimum absolute atomic E-state index is 0.183. The van der Waals surface area contributed by atoms with Crippen LogP contribution in [0.1, 0.15) is 72.8 Å². The average molecular weight is 526 g/mol. The van der Waals surface area contributed by atoms with Crippen molar-refractivity contribution in [2.75, 3.05) is 18.9 Å². The molecule has 8 heteroatoms. The van der Waals surface area contributed by atoms with Crippen molar-refractivity contribution in [2.45, 2.75) is 65.3 Å². The van der Waals surface area contributed by atoms with E-state index >= 15 is 0 Å². The van der Waals surface area contributed by atoms with Crippen molar-refractivity contribution in [3.05, 3.63) is 58.1 Å². The molecule has 3 unspecified atom stereocenters. The molecule has 2 heterocycles. The molecule has 1 aliphatic carbocycles. The maximum atomic E-state index is 13.2. The molecule has 1 saturated heterocycles. The number of ether oxygens (including phenoxy) is 1. The van der Waals surface area contributed by atoms with E-state index in [0.29, 0.717) is 31.5 Å². The van der Waals surface area contributed by atoms with Crippen molar-refractivity contribution in [3.63, 3.8) is 0 Å². The quantitative estimate of drug-likeness (QED) is 0.432. The Kier molecular flexibility index (Phi) is 7.24. The Morgan fingerprint density at radius 2 is 1.89 bits per heavy atom. The van der Waals surface area contributed by atoms with Crippen LogP contribution >= 0.6 is 0 Å². The van der Waals surface area contributed by atoms with E-state index in [2.05, 4.69) is 42.4 Å². The van der Waals surface area contributed by atoms with Gasteiger partial charge in [-0.15, -0.1) is 0 Å². The van der Waals surface area contributed by atoms with E-state index in [9.17, 15) is 13.2 Å². The number of H-pyrrole nitrogens is 1. The van der Waals surface area contributed by atoms with Gasteiger partial charge in [0, 0.05) is 26.1 Å². The molecule has 200 valence electrons. The minimum atomic E-state index is -3.29. The first-order chi connectivity index (χ1) is 17.7. The molecule has 5 rings (SSSR count). The molecule has 0 spiro atoms. The first kappa shape index (κ1) is 26.0. The number of hydrogen-bond donors (Lipinski definition) is 1. The molecule has 0 bridgehead atoms. The Morgan fingerprint density at radius 1 is 1.14 bits per heavy atom. The zero-order valence-corrected chi connectivity index (χ0v) is 23.2. The van der Waals surface area contributed by atoms with E-state index in [1.165, 1.54) is 6.42 Å². The number of aryl methyl sites for hydroxylation is 3. The predicted molar refractivity (Wildman–Crippen MR) is 146 cm³/mol. The molecule has 2 aliphatic rings. The number of aromatic nitrogens is 2. The van der Waals surface area contributed by atoms with Gasteiger partial charge < -0.3 is 4.74 Å². The highest BCUT2D eigenvalue weighted by Gasteiger charge is 2.39. The molecule has 2 fully saturated rings. The van der Waals surface area contributed by atoms with Crippen LogP contribution in [0.2, 0.25) is 0 Å². The molecule has 0 amide bonds. The lowest BCUT2D eigenvalue weighted by Crippen LogP contribution is -2.47. The molecule has 1 aliphatic heterocycles. The number of benzene rings is 2. The SMILES string of the molecule is CCOC(=O)CC(c1ccc(C)c(CN2CC3CCCCC3CS2(=O)=O)c1)c1ccc2c([nH]n2C)c1C. The van der Waals surface area contributed by atoms with Crippen molar-refractivity contribution >= 4 is 27.0 Å². The zero-order chi connectivity index (χ0) is 26.3. The Bertz CT molecular complexity index is 1400. The Morgan fingerprint density at radius 3 is 2.62 bits per heavy atom. The lowest BCUT2D eigenvalue weighted by molar-refractivity contribution is -0.143. The van der Waals surface area contributed by atoms with E-state index in [0.717, 1.165) is 58.1 Å². The summed E-state index contributed by atoms with van der Waals surface area (Å²) in [5.74, 6) is 0.633. The molecular weight excluding hydrogens is 486 g/mol. The van der Waals surface area contributed by atoms with Crippen molar-refractivity contribution in [2.24, 2.45) is 18.9 Å². The third-order valence-corrected chi connectivity index (χ3v) is 10.5. The monoisotopic (exact) mass is 525 g/mol. The Labute approximate surface area is 220 Å². The van der Waals surface area contributed by atoms with Crippen LogP contribution in [-0.4, -0.2) is 47.4 Å². The Balaban J connectivity index is 1.48. The standard InChI is InChI=1S/C29H39N3O4S/c1-5-36-28(33)15-26(25-12-13-27-29(20(25)3)30-31(27)4)21-11-10-19(2)24(14-21)17-32-16-22-8-6-7-9-23(22)18-37(32,34)35/h10-14,22-23,26,30H,5-9,15-18H2,1-4H3. The molecule has 3 atom stereocenters. The average Bonchev–Trinajstić information content (AvgIpc) is 2.85. The summed E-state index contributed by atoms with van der Waals surface area (Å²) in [7, 11) is -1.31. The number of sulfonamides is 1. The topological polar surface area (TPSA) is 84.4 Å². The summed E-state index contributed by atoms with van der Waals surface area (Å²) in [6.45, 7) is 7.29. The number of carbonyl (C=O) groups excluding carboxylic acids is 1. The van der Waals surface area contributed by atoms with Crippen LogP contribution in [0.15, 0.2) is 30.3 Å². The summed E-state index contributed by atoms with van der Waals surface area (Å²) < 4.78 is 35.5. The number of esters is 1. The number of carbonyl (C=O) groups is 1. The van der Waals surface area contributed by atoms with Gasteiger partial charge in [-0.25, -0.2) is 8.42 Å². The minimum Gasteiger partial charge on any atom is -0.466 e. The van der Waals surface area contributed by atoms with E-state index in [1.807, 2.05) is 25.6 Å². The van der Waals surface area contributed by atoms with Crippen molar-refractivity contribution < 1.29 is 17.9 Å². The normalized spacial score (nSPS) is 22.6. The van der Waals surface area contributed by atoms with E-state index in [1.54, 1.807) is 4.31 Å². The molecule has 1 aromatic heterocycles. The second-order valence-electron chi connectivity index (χ2n) is 11.0. The molecule has 1 N–H and O–H groups in total. The van der Waals surface area contributed by atoms with Crippen LogP contribution < -0.4 is 0 Å². The first-order valence-corrected chi connectivity index (χ1v) is 15.2. The number of aromatic amines is 1. The predicted octanol–water partition coefficient (Wildman–Crippen LogP) is 5.16. The largest absolute Gasteiger partial charge is 0.466 e. The Hall–Kier alpha value is -2.58. The molecule has 37 heavy (non-hydrogen) atoms. The number of nitrogens with one attached hydrogen (secondary N) is 1. The summed E-state index contributed by atoms with van der Waals surface area (Å²) in [6.07, 6.45) is 4.74. The third-order valence-electron chi connectivity index (χ3n) is 8.62. The highest BCUT2D eigenvalue weighted by molar-refractivity contribution is 7.89. The fourth-order valence-electron chi connectivity index (χ4n) is 6.41. The van der Waals surface area contributed by atoms with Gasteiger partial charge in [0.15, 0.2) is 0 Å². The van der Waals surface area contributed by atoms with Gasteiger partial charge in [-0.3, -0.25) is 14.6 Å². The molecule has 2 aromatic carbocycles. The van der Waals surface area contributed by atoms with E-state index in [-0.39, 0.29) is 24.1 Å². The number of fused-ring (bicyclic) bond motifs is 2. The van der Waals surface area contributed by atoms with Gasteiger partial charge in [-0.05, 0) is 79.3 Å². The molecule has 0 radical (unpaired) electrons. The summed E-state index contributed by atoms with van der Waals surface area (Å²) in [5.41, 5.74) is 7.50. The number of rotatable bonds is 7. The highest BCUT2D eigenvalue weighted by atomic mass is 32.2. The van der Waals surface area contributed by atoms with Gasteiger partial charge in [-0.2, -0.15) is 4.31 Å². The fourth-order valence-corrected chi connectivity index (χ4v) is 8.35. The van der Waals surface area contributed by atoms with Crippen LogP contribution in [-0.2, 0) is 33.1 Å². The van der Waals surface area contributed by atoms with Crippen LogP contribution in [0.5, 0.6) is 0 Å². The van der Waals surface area contributed by atoms with Gasteiger partial charge in [0.05, 0.1) is 29.8 Å². The lowest BCUT2D eigenvalue weighted by Gasteiger charge is -2.40. The zero-order valence-electron chi connectivity index (χ0n) is 22.4. The van der Waals surface area contributed by atoms with Gasteiger partial charge in [-0.1, -0.05) is 37.1 Å². The third kappa shape index (κ3) is 5.10. The number of nitrogens with zero attached hydrogens (tertiary/aromatic N) is 2. The van der Waals surface area contributed by atoms with Crippen molar-refractivity contribution in [1.82, 2.24) is 14.1 Å². The van der Waals surface area contributed by atoms with Crippen LogP contribution in [0, 0.1) is 25.7 Å². The van der Waals surface area contributed by atoms with Crippen LogP contribution in [0.4, 0.5) is 0 Å². The van der Waals surface area contributed by atoms with E-state index < -0.39 is 10.0 Å². The van der Waals surface area contributed by atoms with Crippen LogP contribution in [0.3, 0.4) is 0 Å². The summed E-state index contributed by atoms with van der Waals surface area (Å²) in [4.78, 5) is 12.7. The maximum absolute atomic E-state index is 13.2. The summed E-state index contributed by atoms with van der Waals surface area (Å²) in [5, 5.41) is 3.33. The van der Waals surface area contributed by atoms with Gasteiger partial charge in [0.25, 0.3) is 0 Å². The van der Waals surface area contributed by atoms with E-state index in [4.69, 9.17) is 4.74 Å². The highest BCUT2D eigenvalue weighted by Crippen LogP contribution is 2.38.